The summed E-state index contributed by atoms with van der Waals surface area (Å²) in [7, 11) is 4.69. The van der Waals surface area contributed by atoms with E-state index < -0.39 is 0 Å². The SMILES string of the molecule is Cc1cc(C)cc(CN(CCCC[N+](C)(C)Cc2cc(C)cc(C)c2)C(=S)Nc2cc(C)cc(C)c2)c1.[Br-]. The van der Waals surface area contributed by atoms with E-state index in [1.54, 1.807) is 0 Å². The minimum Gasteiger partial charge on any atom is -1.00 e. The van der Waals surface area contributed by atoms with Crippen LogP contribution in [0, 0.1) is 41.5 Å². The fourth-order valence-corrected chi connectivity index (χ4v) is 5.73. The third-order valence-electron chi connectivity index (χ3n) is 6.75. The zero-order valence-electron chi connectivity index (χ0n) is 24.6. The van der Waals surface area contributed by atoms with Crippen LogP contribution in [0.15, 0.2) is 54.6 Å². The molecular weight excluding hydrogens is 550 g/mol. The van der Waals surface area contributed by atoms with Crippen molar-refractivity contribution >= 4 is 23.0 Å². The molecule has 0 aliphatic carbocycles. The molecule has 5 heteroatoms. The van der Waals surface area contributed by atoms with Gasteiger partial charge in [0.1, 0.15) is 6.54 Å². The van der Waals surface area contributed by atoms with Gasteiger partial charge in [0.15, 0.2) is 5.11 Å². The van der Waals surface area contributed by atoms with Gasteiger partial charge >= 0.3 is 0 Å². The van der Waals surface area contributed by atoms with Crippen LogP contribution in [0.1, 0.15) is 57.3 Å². The lowest BCUT2D eigenvalue weighted by molar-refractivity contribution is -0.903. The molecule has 0 radical (unpaired) electrons. The lowest BCUT2D eigenvalue weighted by Gasteiger charge is -2.31. The Kier molecular flexibility index (Phi) is 12.0. The second-order valence-corrected chi connectivity index (χ2v) is 12.1. The summed E-state index contributed by atoms with van der Waals surface area (Å²) in [6.07, 6.45) is 2.27. The van der Waals surface area contributed by atoms with Crippen LogP contribution in [-0.2, 0) is 13.1 Å². The van der Waals surface area contributed by atoms with Crippen molar-refractivity contribution in [2.24, 2.45) is 0 Å². The Hall–Kier alpha value is -2.21. The Morgan fingerprint density at radius 1 is 0.684 bits per heavy atom. The molecular formula is C33H46BrN3S. The maximum Gasteiger partial charge on any atom is 0.173 e. The molecule has 0 saturated heterocycles. The van der Waals surface area contributed by atoms with Gasteiger partial charge in [-0.2, -0.15) is 0 Å². The molecule has 3 aromatic carbocycles. The first kappa shape index (κ1) is 32.0. The van der Waals surface area contributed by atoms with Gasteiger partial charge in [0.2, 0.25) is 0 Å². The van der Waals surface area contributed by atoms with Gasteiger partial charge in [0.25, 0.3) is 0 Å². The lowest BCUT2D eigenvalue weighted by atomic mass is 10.1. The summed E-state index contributed by atoms with van der Waals surface area (Å²) in [4.78, 5) is 2.34. The van der Waals surface area contributed by atoms with Crippen molar-refractivity contribution in [3.63, 3.8) is 0 Å². The van der Waals surface area contributed by atoms with Crippen molar-refractivity contribution in [1.82, 2.24) is 4.90 Å². The first-order valence-corrected chi connectivity index (χ1v) is 13.9. The van der Waals surface area contributed by atoms with Gasteiger partial charge in [-0.15, -0.1) is 0 Å². The summed E-state index contributed by atoms with van der Waals surface area (Å²) in [6, 6.07) is 20.2. The summed E-state index contributed by atoms with van der Waals surface area (Å²) in [5, 5.41) is 4.33. The van der Waals surface area contributed by atoms with Crippen molar-refractivity contribution in [2.45, 2.75) is 67.5 Å². The number of benzene rings is 3. The topological polar surface area (TPSA) is 15.3 Å². The lowest BCUT2D eigenvalue weighted by Crippen LogP contribution is -3.00. The largest absolute Gasteiger partial charge is 1.00 e. The monoisotopic (exact) mass is 595 g/mol. The van der Waals surface area contributed by atoms with Crippen LogP contribution < -0.4 is 22.3 Å². The van der Waals surface area contributed by atoms with E-state index in [4.69, 9.17) is 12.2 Å². The summed E-state index contributed by atoms with van der Waals surface area (Å²) >= 11 is 5.95. The second kappa shape index (κ2) is 14.3. The second-order valence-electron chi connectivity index (χ2n) is 11.7. The van der Waals surface area contributed by atoms with Crippen molar-refractivity contribution < 1.29 is 21.5 Å². The number of aryl methyl sites for hydroxylation is 6. The number of halogens is 1. The maximum absolute atomic E-state index is 5.95. The van der Waals surface area contributed by atoms with Gasteiger partial charge in [-0.05, 0) is 95.4 Å². The zero-order valence-corrected chi connectivity index (χ0v) is 27.0. The third kappa shape index (κ3) is 10.5. The van der Waals surface area contributed by atoms with E-state index in [-0.39, 0.29) is 17.0 Å². The number of rotatable bonds is 10. The van der Waals surface area contributed by atoms with Gasteiger partial charge < -0.3 is 31.7 Å². The molecule has 206 valence electrons. The predicted molar refractivity (Wildman–Crippen MR) is 164 cm³/mol. The van der Waals surface area contributed by atoms with Gasteiger partial charge in [-0.1, -0.05) is 64.7 Å². The van der Waals surface area contributed by atoms with E-state index in [9.17, 15) is 0 Å². The molecule has 0 heterocycles. The van der Waals surface area contributed by atoms with Gasteiger partial charge in [-0.25, -0.2) is 0 Å². The zero-order chi connectivity index (χ0) is 27.2. The Morgan fingerprint density at radius 3 is 1.63 bits per heavy atom. The molecule has 0 aliphatic rings. The third-order valence-corrected chi connectivity index (χ3v) is 7.11. The van der Waals surface area contributed by atoms with E-state index in [1.807, 2.05) is 0 Å². The highest BCUT2D eigenvalue weighted by Crippen LogP contribution is 2.18. The first-order valence-electron chi connectivity index (χ1n) is 13.5. The van der Waals surface area contributed by atoms with Gasteiger partial charge in [0.05, 0.1) is 20.6 Å². The van der Waals surface area contributed by atoms with E-state index in [0.717, 1.165) is 54.3 Å². The van der Waals surface area contributed by atoms with Crippen LogP contribution in [0.2, 0.25) is 0 Å². The molecule has 0 unspecified atom stereocenters. The molecule has 38 heavy (non-hydrogen) atoms. The number of hydrogen-bond donors (Lipinski definition) is 1. The Balaban J connectivity index is 0.00000507. The minimum atomic E-state index is 0. The molecule has 0 fully saturated rings. The highest BCUT2D eigenvalue weighted by Gasteiger charge is 2.17. The highest BCUT2D eigenvalue weighted by molar-refractivity contribution is 7.80. The van der Waals surface area contributed by atoms with Crippen LogP contribution in [0.25, 0.3) is 0 Å². The van der Waals surface area contributed by atoms with Crippen LogP contribution in [0.5, 0.6) is 0 Å². The molecule has 0 aromatic heterocycles. The molecule has 1 N–H and O–H groups in total. The van der Waals surface area contributed by atoms with Gasteiger partial charge in [0, 0.05) is 24.3 Å². The first-order chi connectivity index (χ1) is 17.4. The van der Waals surface area contributed by atoms with Crippen molar-refractivity contribution in [3.05, 3.63) is 99.1 Å². The van der Waals surface area contributed by atoms with Crippen LogP contribution in [-0.4, -0.2) is 41.7 Å². The molecule has 0 amide bonds. The average Bonchev–Trinajstić information content (AvgIpc) is 2.73. The maximum atomic E-state index is 5.95. The number of nitrogens with one attached hydrogen (secondary N) is 1. The average molecular weight is 597 g/mol. The summed E-state index contributed by atoms with van der Waals surface area (Å²) in [6.45, 7) is 16.9. The minimum absolute atomic E-state index is 0. The molecule has 0 saturated carbocycles. The quantitative estimate of drug-likeness (QED) is 0.206. The number of anilines is 1. The Labute approximate surface area is 247 Å². The molecule has 3 nitrogen and oxygen atoms in total. The fraction of sp³-hybridized carbons (Fsp3) is 0.424. The number of quaternary nitrogens is 1. The summed E-state index contributed by atoms with van der Waals surface area (Å²) in [5.41, 5.74) is 11.6. The van der Waals surface area contributed by atoms with Crippen LogP contribution in [0.4, 0.5) is 5.69 Å². The molecule has 0 aliphatic heterocycles. The predicted octanol–water partition coefficient (Wildman–Crippen LogP) is 4.80. The molecule has 3 aromatic rings. The van der Waals surface area contributed by atoms with E-state index in [2.05, 4.69) is 120 Å². The highest BCUT2D eigenvalue weighted by atomic mass is 79.9. The fourth-order valence-electron chi connectivity index (χ4n) is 5.46. The summed E-state index contributed by atoms with van der Waals surface area (Å²) in [5.74, 6) is 0. The number of hydrogen-bond acceptors (Lipinski definition) is 1. The molecule has 0 atom stereocenters. The normalized spacial score (nSPS) is 11.2. The number of nitrogens with zero attached hydrogens (tertiary/aromatic N) is 2. The van der Waals surface area contributed by atoms with Crippen LogP contribution >= 0.6 is 12.2 Å². The van der Waals surface area contributed by atoms with E-state index in [1.165, 1.54) is 44.5 Å². The van der Waals surface area contributed by atoms with Crippen molar-refractivity contribution in [3.8, 4) is 0 Å². The van der Waals surface area contributed by atoms with Gasteiger partial charge in [-0.3, -0.25) is 0 Å². The van der Waals surface area contributed by atoms with E-state index >= 15 is 0 Å². The standard InChI is InChI=1S/C33H45N3S.BrH/c1-24-13-25(2)17-30(16-24)22-35(33(37)34-32-20-28(5)15-29(6)21-32)11-9-10-12-36(7,8)23-31-18-26(3)14-27(4)19-31;/h13-21H,9-12,22-23H2,1-8H3;1H. The van der Waals surface area contributed by atoms with E-state index in [0.29, 0.717) is 0 Å². The number of thiocarbonyl (C=S) groups is 1. The van der Waals surface area contributed by atoms with Crippen LogP contribution in [0.3, 0.4) is 0 Å². The molecule has 3 rings (SSSR count). The number of unbranched alkanes of at least 4 members (excludes halogenated alkanes) is 1. The smallest absolute Gasteiger partial charge is 0.173 e. The molecule has 0 bridgehead atoms. The van der Waals surface area contributed by atoms with Crippen molar-refractivity contribution in [2.75, 3.05) is 32.5 Å². The molecule has 0 spiro atoms. The summed E-state index contributed by atoms with van der Waals surface area (Å²) < 4.78 is 0.991. The Bertz CT molecular complexity index is 1170. The van der Waals surface area contributed by atoms with Crippen molar-refractivity contribution in [1.29, 1.82) is 0 Å². The Morgan fingerprint density at radius 2 is 1.13 bits per heavy atom.